The fourth-order valence-electron chi connectivity index (χ4n) is 1.43. The normalized spacial score (nSPS) is 10.6. The third kappa shape index (κ3) is 1.59. The Hall–Kier alpha value is -1.84. The van der Waals surface area contributed by atoms with E-state index in [1.807, 2.05) is 35.1 Å². The van der Waals surface area contributed by atoms with Crippen molar-refractivity contribution in [2.75, 3.05) is 0 Å². The van der Waals surface area contributed by atoms with Gasteiger partial charge in [-0.1, -0.05) is 18.2 Å². The molecule has 0 saturated heterocycles. The Kier molecular flexibility index (Phi) is 2.18. The van der Waals surface area contributed by atoms with E-state index in [2.05, 4.69) is 5.10 Å². The highest BCUT2D eigenvalue weighted by atomic mass is 15.3. The van der Waals surface area contributed by atoms with Gasteiger partial charge in [0, 0.05) is 18.4 Å². The summed E-state index contributed by atoms with van der Waals surface area (Å²) in [6, 6.07) is 8.00. The van der Waals surface area contributed by atoms with Crippen LogP contribution in [0.15, 0.2) is 30.5 Å². The van der Waals surface area contributed by atoms with E-state index in [0.29, 0.717) is 13.0 Å². The molecule has 3 N–H and O–H groups in total. The summed E-state index contributed by atoms with van der Waals surface area (Å²) in [4.78, 5) is 0. The van der Waals surface area contributed by atoms with Crippen LogP contribution in [0, 0.1) is 5.41 Å². The fraction of sp³-hybridized carbons (Fsp3) is 0.200. The summed E-state index contributed by atoms with van der Waals surface area (Å²) < 4.78 is 1.87. The van der Waals surface area contributed by atoms with Crippen molar-refractivity contribution in [3.63, 3.8) is 0 Å². The van der Waals surface area contributed by atoms with Crippen molar-refractivity contribution in [1.82, 2.24) is 9.78 Å². The number of aromatic nitrogens is 2. The smallest absolute Gasteiger partial charge is 0.0923 e. The third-order valence-corrected chi connectivity index (χ3v) is 2.14. The van der Waals surface area contributed by atoms with Crippen molar-refractivity contribution >= 4 is 16.7 Å². The molecule has 0 fully saturated rings. The van der Waals surface area contributed by atoms with E-state index in [1.54, 1.807) is 0 Å². The maximum Gasteiger partial charge on any atom is 0.0923 e. The van der Waals surface area contributed by atoms with E-state index in [-0.39, 0.29) is 5.84 Å². The second-order valence-corrected chi connectivity index (χ2v) is 3.20. The molecule has 0 spiro atoms. The van der Waals surface area contributed by atoms with Crippen LogP contribution in [0.5, 0.6) is 0 Å². The van der Waals surface area contributed by atoms with Gasteiger partial charge in [-0.2, -0.15) is 5.10 Å². The molecule has 0 saturated carbocycles. The highest BCUT2D eigenvalue weighted by Crippen LogP contribution is 2.12. The lowest BCUT2D eigenvalue weighted by atomic mass is 10.2. The number of rotatable bonds is 3. The Morgan fingerprint density at radius 3 is 3.00 bits per heavy atom. The molecule has 0 aliphatic rings. The van der Waals surface area contributed by atoms with Crippen molar-refractivity contribution in [2.24, 2.45) is 5.73 Å². The number of nitrogens with zero attached hydrogens (tertiary/aromatic N) is 2. The molecule has 0 bridgehead atoms. The number of para-hydroxylation sites is 1. The molecule has 0 unspecified atom stereocenters. The summed E-state index contributed by atoms with van der Waals surface area (Å²) in [6.45, 7) is 0.669. The van der Waals surface area contributed by atoms with E-state index in [9.17, 15) is 0 Å². The van der Waals surface area contributed by atoms with Gasteiger partial charge in [0.25, 0.3) is 0 Å². The number of fused-ring (bicyclic) bond motifs is 1. The first kappa shape index (κ1) is 8.74. The SMILES string of the molecule is N=C(N)CCn1ncc2ccccc21. The molecule has 0 radical (unpaired) electrons. The summed E-state index contributed by atoms with van der Waals surface area (Å²) in [6.07, 6.45) is 2.38. The van der Waals surface area contributed by atoms with Gasteiger partial charge in [-0.15, -0.1) is 0 Å². The van der Waals surface area contributed by atoms with Crippen LogP contribution in [0.25, 0.3) is 10.9 Å². The fourth-order valence-corrected chi connectivity index (χ4v) is 1.43. The molecule has 0 atom stereocenters. The zero-order chi connectivity index (χ0) is 9.97. The molecule has 2 aromatic rings. The molecule has 72 valence electrons. The largest absolute Gasteiger partial charge is 0.388 e. The second kappa shape index (κ2) is 3.49. The van der Waals surface area contributed by atoms with Gasteiger partial charge in [-0.25, -0.2) is 0 Å². The molecule has 0 amide bonds. The summed E-state index contributed by atoms with van der Waals surface area (Å²) in [7, 11) is 0. The zero-order valence-corrected chi connectivity index (χ0v) is 7.77. The molecule has 0 aliphatic carbocycles. The van der Waals surface area contributed by atoms with Gasteiger partial charge in [0.05, 0.1) is 17.5 Å². The maximum absolute atomic E-state index is 7.14. The van der Waals surface area contributed by atoms with Crippen LogP contribution in [0.1, 0.15) is 6.42 Å². The van der Waals surface area contributed by atoms with Crippen molar-refractivity contribution in [3.8, 4) is 0 Å². The van der Waals surface area contributed by atoms with Gasteiger partial charge >= 0.3 is 0 Å². The number of hydrogen-bond donors (Lipinski definition) is 2. The standard InChI is InChI=1S/C10H12N4/c11-10(12)5-6-14-9-4-2-1-3-8(9)7-13-14/h1-4,7H,5-6H2,(H3,11,12). The van der Waals surface area contributed by atoms with Crippen LogP contribution in [0.4, 0.5) is 0 Å². The van der Waals surface area contributed by atoms with Crippen LogP contribution in [0.3, 0.4) is 0 Å². The lowest BCUT2D eigenvalue weighted by Crippen LogP contribution is -2.13. The molecule has 4 heteroatoms. The monoisotopic (exact) mass is 188 g/mol. The zero-order valence-electron chi connectivity index (χ0n) is 7.77. The van der Waals surface area contributed by atoms with Crippen LogP contribution in [0.2, 0.25) is 0 Å². The highest BCUT2D eigenvalue weighted by Gasteiger charge is 2.00. The van der Waals surface area contributed by atoms with Gasteiger partial charge in [0.1, 0.15) is 0 Å². The van der Waals surface area contributed by atoms with Crippen molar-refractivity contribution in [3.05, 3.63) is 30.5 Å². The van der Waals surface area contributed by atoms with Crippen LogP contribution in [-0.4, -0.2) is 15.6 Å². The Labute approximate surface area is 81.8 Å². The van der Waals surface area contributed by atoms with Crippen LogP contribution >= 0.6 is 0 Å². The summed E-state index contributed by atoms with van der Waals surface area (Å²) >= 11 is 0. The summed E-state index contributed by atoms with van der Waals surface area (Å²) in [5.41, 5.74) is 6.39. The van der Waals surface area contributed by atoms with E-state index in [4.69, 9.17) is 11.1 Å². The van der Waals surface area contributed by atoms with E-state index in [0.717, 1.165) is 10.9 Å². The molecule has 1 heterocycles. The minimum Gasteiger partial charge on any atom is -0.388 e. The van der Waals surface area contributed by atoms with Crippen molar-refractivity contribution < 1.29 is 0 Å². The van der Waals surface area contributed by atoms with Gasteiger partial charge in [0.15, 0.2) is 0 Å². The number of nitrogens with one attached hydrogen (secondary N) is 1. The number of nitrogens with two attached hydrogens (primary N) is 1. The Morgan fingerprint density at radius 1 is 1.43 bits per heavy atom. The molecule has 4 nitrogen and oxygen atoms in total. The van der Waals surface area contributed by atoms with Gasteiger partial charge in [-0.3, -0.25) is 10.1 Å². The Morgan fingerprint density at radius 2 is 2.21 bits per heavy atom. The quantitative estimate of drug-likeness (QED) is 0.564. The first-order valence-corrected chi connectivity index (χ1v) is 4.51. The molecule has 1 aromatic heterocycles. The average Bonchev–Trinajstić information content (AvgIpc) is 2.58. The molecule has 2 rings (SSSR count). The predicted octanol–water partition coefficient (Wildman–Crippen LogP) is 1.36. The molecule has 1 aromatic carbocycles. The van der Waals surface area contributed by atoms with Crippen LogP contribution in [-0.2, 0) is 6.54 Å². The molecule has 0 aliphatic heterocycles. The molecule has 14 heavy (non-hydrogen) atoms. The molecular formula is C10H12N4. The van der Waals surface area contributed by atoms with E-state index < -0.39 is 0 Å². The Bertz CT molecular complexity index is 458. The van der Waals surface area contributed by atoms with Gasteiger partial charge in [0.2, 0.25) is 0 Å². The lowest BCUT2D eigenvalue weighted by molar-refractivity contribution is 0.654. The minimum absolute atomic E-state index is 0.199. The number of aryl methyl sites for hydroxylation is 1. The lowest BCUT2D eigenvalue weighted by Gasteiger charge is -2.01. The first-order valence-electron chi connectivity index (χ1n) is 4.51. The van der Waals surface area contributed by atoms with E-state index in [1.165, 1.54) is 0 Å². The summed E-state index contributed by atoms with van der Waals surface area (Å²) in [5, 5.41) is 12.5. The van der Waals surface area contributed by atoms with E-state index >= 15 is 0 Å². The van der Waals surface area contributed by atoms with Crippen molar-refractivity contribution in [1.29, 1.82) is 5.41 Å². The maximum atomic E-state index is 7.14. The predicted molar refractivity (Wildman–Crippen MR) is 56.3 cm³/mol. The highest BCUT2D eigenvalue weighted by molar-refractivity contribution is 5.79. The Balaban J connectivity index is 2.29. The number of hydrogen-bond acceptors (Lipinski definition) is 2. The van der Waals surface area contributed by atoms with Crippen LogP contribution < -0.4 is 5.73 Å². The molecular weight excluding hydrogens is 176 g/mol. The summed E-state index contributed by atoms with van der Waals surface area (Å²) in [5.74, 6) is 0.199. The first-order chi connectivity index (χ1) is 6.77. The minimum atomic E-state index is 0.199. The van der Waals surface area contributed by atoms with Gasteiger partial charge in [-0.05, 0) is 6.07 Å². The average molecular weight is 188 g/mol. The van der Waals surface area contributed by atoms with Crippen molar-refractivity contribution in [2.45, 2.75) is 13.0 Å². The van der Waals surface area contributed by atoms with Gasteiger partial charge < -0.3 is 5.73 Å². The number of amidine groups is 1. The topological polar surface area (TPSA) is 67.7 Å². The third-order valence-electron chi connectivity index (χ3n) is 2.14. The second-order valence-electron chi connectivity index (χ2n) is 3.20. The number of benzene rings is 1.